The Hall–Kier alpha value is -1.48. The van der Waals surface area contributed by atoms with Gasteiger partial charge in [-0.25, -0.2) is 0 Å². The van der Waals surface area contributed by atoms with Gasteiger partial charge in [0.05, 0.1) is 11.1 Å². The highest BCUT2D eigenvalue weighted by Crippen LogP contribution is 2.31. The number of para-hydroxylation sites is 1. The molecule has 0 spiro atoms. The number of nitrogens with zero attached hydrogens (tertiary/aromatic N) is 1. The maximum absolute atomic E-state index is 9.96. The molecule has 1 aromatic heterocycles. The van der Waals surface area contributed by atoms with Crippen molar-refractivity contribution in [1.29, 1.82) is 0 Å². The van der Waals surface area contributed by atoms with Crippen molar-refractivity contribution in [3.8, 4) is 5.75 Å². The van der Waals surface area contributed by atoms with E-state index in [2.05, 4.69) is 0 Å². The summed E-state index contributed by atoms with van der Waals surface area (Å²) >= 11 is 0. The highest BCUT2D eigenvalue weighted by Gasteiger charge is 2.21. The van der Waals surface area contributed by atoms with Crippen LogP contribution in [0.15, 0.2) is 24.3 Å². The van der Waals surface area contributed by atoms with Crippen LogP contribution in [0.5, 0.6) is 5.75 Å². The van der Waals surface area contributed by atoms with Crippen molar-refractivity contribution in [1.82, 2.24) is 4.57 Å². The molecule has 0 unspecified atom stereocenters. The Morgan fingerprint density at radius 1 is 1.27 bits per heavy atom. The molecule has 1 heterocycles. The number of rotatable bonds is 1. The molecule has 0 radical (unpaired) electrons. The number of aromatic hydroxyl groups is 1. The first-order valence-corrected chi connectivity index (χ1v) is 4.91. The van der Waals surface area contributed by atoms with Crippen molar-refractivity contribution in [3.63, 3.8) is 0 Å². The fraction of sp³-hybridized carbons (Fsp3) is 0.333. The average molecular weight is 205 g/mol. The molecule has 15 heavy (non-hydrogen) atoms. The van der Waals surface area contributed by atoms with Gasteiger partial charge in [-0.3, -0.25) is 0 Å². The van der Waals surface area contributed by atoms with Crippen LogP contribution in [0.4, 0.5) is 0 Å². The van der Waals surface area contributed by atoms with Crippen molar-refractivity contribution in [2.45, 2.75) is 19.4 Å². The molecule has 2 N–H and O–H groups in total. The van der Waals surface area contributed by atoms with Gasteiger partial charge >= 0.3 is 0 Å². The first kappa shape index (κ1) is 10.1. The standard InChI is InChI=1S/C12H15NO2/c1-12(2,15)10-7-8-5-4-6-9(14)11(8)13(10)3/h4-7,14-15H,1-3H3. The number of fused-ring (bicyclic) bond motifs is 1. The first-order valence-electron chi connectivity index (χ1n) is 4.91. The molecule has 0 saturated heterocycles. The summed E-state index contributed by atoms with van der Waals surface area (Å²) in [6, 6.07) is 7.27. The number of phenols is 1. The van der Waals surface area contributed by atoms with Gasteiger partial charge in [0.25, 0.3) is 0 Å². The minimum atomic E-state index is -0.903. The largest absolute Gasteiger partial charge is 0.506 e. The van der Waals surface area contributed by atoms with E-state index in [1.54, 1.807) is 26.0 Å². The van der Waals surface area contributed by atoms with Crippen LogP contribution >= 0.6 is 0 Å². The lowest BCUT2D eigenvalue weighted by atomic mass is 10.1. The maximum Gasteiger partial charge on any atom is 0.139 e. The number of aryl methyl sites for hydroxylation is 1. The molecule has 0 amide bonds. The normalized spacial score (nSPS) is 12.3. The van der Waals surface area contributed by atoms with Crippen LogP contribution in [0.2, 0.25) is 0 Å². The number of aliphatic hydroxyl groups is 1. The number of hydrogen-bond acceptors (Lipinski definition) is 2. The van der Waals surface area contributed by atoms with Gasteiger partial charge in [0.1, 0.15) is 5.75 Å². The molecule has 2 rings (SSSR count). The molecule has 0 atom stereocenters. The Balaban J connectivity index is 2.82. The summed E-state index contributed by atoms with van der Waals surface area (Å²) in [7, 11) is 1.84. The summed E-state index contributed by atoms with van der Waals surface area (Å²) in [6.07, 6.45) is 0. The van der Waals surface area contributed by atoms with Crippen molar-refractivity contribution in [2.24, 2.45) is 7.05 Å². The summed E-state index contributed by atoms with van der Waals surface area (Å²) in [5.41, 5.74) is 0.647. The molecule has 0 aliphatic heterocycles. The van der Waals surface area contributed by atoms with Gasteiger partial charge in [0.15, 0.2) is 0 Å². The molecule has 0 aliphatic rings. The summed E-state index contributed by atoms with van der Waals surface area (Å²) in [5, 5.41) is 20.6. The summed E-state index contributed by atoms with van der Waals surface area (Å²) in [5.74, 6) is 0.241. The molecular formula is C12H15NO2. The fourth-order valence-electron chi connectivity index (χ4n) is 1.98. The van der Waals surface area contributed by atoms with E-state index in [-0.39, 0.29) is 5.75 Å². The summed E-state index contributed by atoms with van der Waals surface area (Å²) in [4.78, 5) is 0. The van der Waals surface area contributed by atoms with Crippen LogP contribution in [-0.4, -0.2) is 14.8 Å². The zero-order valence-corrected chi connectivity index (χ0v) is 9.15. The van der Waals surface area contributed by atoms with E-state index in [0.29, 0.717) is 0 Å². The topological polar surface area (TPSA) is 45.4 Å². The van der Waals surface area contributed by atoms with E-state index in [4.69, 9.17) is 0 Å². The smallest absolute Gasteiger partial charge is 0.139 e. The van der Waals surface area contributed by atoms with Crippen molar-refractivity contribution < 1.29 is 10.2 Å². The lowest BCUT2D eigenvalue weighted by Gasteiger charge is -2.18. The Kier molecular flexibility index (Phi) is 2.01. The van der Waals surface area contributed by atoms with Crippen molar-refractivity contribution in [2.75, 3.05) is 0 Å². The van der Waals surface area contributed by atoms with E-state index < -0.39 is 5.60 Å². The third-order valence-electron chi connectivity index (χ3n) is 2.66. The van der Waals surface area contributed by atoms with Crippen LogP contribution in [0.25, 0.3) is 10.9 Å². The predicted molar refractivity (Wildman–Crippen MR) is 59.8 cm³/mol. The summed E-state index contributed by atoms with van der Waals surface area (Å²) < 4.78 is 1.82. The van der Waals surface area contributed by atoms with Gasteiger partial charge in [-0.05, 0) is 26.0 Å². The highest BCUT2D eigenvalue weighted by atomic mass is 16.3. The maximum atomic E-state index is 9.96. The monoisotopic (exact) mass is 205 g/mol. The van der Waals surface area contributed by atoms with Crippen molar-refractivity contribution in [3.05, 3.63) is 30.0 Å². The zero-order valence-electron chi connectivity index (χ0n) is 9.15. The Morgan fingerprint density at radius 3 is 2.47 bits per heavy atom. The zero-order chi connectivity index (χ0) is 11.2. The number of phenolic OH excluding ortho intramolecular Hbond substituents is 1. The lowest BCUT2D eigenvalue weighted by molar-refractivity contribution is 0.0712. The Bertz CT molecular complexity index is 506. The molecule has 0 fully saturated rings. The van der Waals surface area contributed by atoms with E-state index >= 15 is 0 Å². The van der Waals surface area contributed by atoms with Crippen LogP contribution in [0.3, 0.4) is 0 Å². The molecule has 3 nitrogen and oxygen atoms in total. The Morgan fingerprint density at radius 2 is 1.93 bits per heavy atom. The van der Waals surface area contributed by atoms with Crippen molar-refractivity contribution >= 4 is 10.9 Å². The van der Waals surface area contributed by atoms with Gasteiger partial charge in [-0.2, -0.15) is 0 Å². The second-order valence-corrected chi connectivity index (χ2v) is 4.36. The third-order valence-corrected chi connectivity index (χ3v) is 2.66. The van der Waals surface area contributed by atoms with Gasteiger partial charge in [-0.15, -0.1) is 0 Å². The van der Waals surface area contributed by atoms with Gasteiger partial charge < -0.3 is 14.8 Å². The van der Waals surface area contributed by atoms with E-state index in [9.17, 15) is 10.2 Å². The minimum Gasteiger partial charge on any atom is -0.506 e. The van der Waals surface area contributed by atoms with Gasteiger partial charge in [0, 0.05) is 18.1 Å². The molecule has 0 saturated carbocycles. The number of aromatic nitrogens is 1. The quantitative estimate of drug-likeness (QED) is 0.749. The first-order chi connectivity index (χ1) is 6.91. The number of benzene rings is 1. The van der Waals surface area contributed by atoms with Crippen LogP contribution < -0.4 is 0 Å². The molecule has 80 valence electrons. The van der Waals surface area contributed by atoms with Crippen LogP contribution in [-0.2, 0) is 12.6 Å². The predicted octanol–water partition coefficient (Wildman–Crippen LogP) is 2.11. The van der Waals surface area contributed by atoms with Crippen LogP contribution in [0.1, 0.15) is 19.5 Å². The fourth-order valence-corrected chi connectivity index (χ4v) is 1.98. The van der Waals surface area contributed by atoms with E-state index in [1.165, 1.54) is 0 Å². The molecule has 2 aromatic rings. The molecule has 3 heteroatoms. The Labute approximate surface area is 88.6 Å². The second kappa shape index (κ2) is 3.00. The average Bonchev–Trinajstić information content (AvgIpc) is 2.44. The molecule has 0 bridgehead atoms. The highest BCUT2D eigenvalue weighted by molar-refractivity contribution is 5.86. The summed E-state index contributed by atoms with van der Waals surface area (Å²) in [6.45, 7) is 3.47. The molecule has 1 aromatic carbocycles. The lowest BCUT2D eigenvalue weighted by Crippen LogP contribution is -2.19. The van der Waals surface area contributed by atoms with Gasteiger partial charge in [-0.1, -0.05) is 12.1 Å². The van der Waals surface area contributed by atoms with E-state index in [0.717, 1.165) is 16.6 Å². The van der Waals surface area contributed by atoms with E-state index in [1.807, 2.05) is 23.7 Å². The second-order valence-electron chi connectivity index (χ2n) is 4.36. The van der Waals surface area contributed by atoms with Gasteiger partial charge in [0.2, 0.25) is 0 Å². The molecule has 0 aliphatic carbocycles. The minimum absolute atomic E-state index is 0.241. The SMILES string of the molecule is Cn1c(C(C)(C)O)cc2cccc(O)c21. The number of hydrogen-bond donors (Lipinski definition) is 2. The third kappa shape index (κ3) is 1.49. The van der Waals surface area contributed by atoms with Crippen LogP contribution in [0, 0.1) is 0 Å². The molecular weight excluding hydrogens is 190 g/mol.